The fourth-order valence-electron chi connectivity index (χ4n) is 3.83. The van der Waals surface area contributed by atoms with Gasteiger partial charge in [0, 0.05) is 18.2 Å². The maximum Gasteiger partial charge on any atom is 0.430 e. The first-order chi connectivity index (χ1) is 19.3. The summed E-state index contributed by atoms with van der Waals surface area (Å²) in [5.74, 6) is -2.30. The molecule has 1 aliphatic rings. The zero-order valence-corrected chi connectivity index (χ0v) is 24.7. The van der Waals surface area contributed by atoms with Gasteiger partial charge in [0.1, 0.15) is 29.2 Å². The van der Waals surface area contributed by atoms with Crippen molar-refractivity contribution >= 4 is 49.6 Å². The molecule has 2 aromatic carbocycles. The Hall–Kier alpha value is -3.56. The second kappa shape index (κ2) is 12.1. The van der Waals surface area contributed by atoms with Gasteiger partial charge >= 0.3 is 12.2 Å². The molecule has 0 atom stereocenters. The van der Waals surface area contributed by atoms with Crippen LogP contribution in [0.1, 0.15) is 38.3 Å². The summed E-state index contributed by atoms with van der Waals surface area (Å²) >= 11 is 2.95. The normalized spacial score (nSPS) is 13.8. The van der Waals surface area contributed by atoms with Gasteiger partial charge in [0.2, 0.25) is 0 Å². The highest BCUT2D eigenvalue weighted by Gasteiger charge is 2.39. The average molecular weight is 657 g/mol. The maximum absolute atomic E-state index is 15.4. The quantitative estimate of drug-likeness (QED) is 0.319. The monoisotopic (exact) mass is 656 g/mol. The number of hydrogen-bond donors (Lipinski definition) is 1. The van der Waals surface area contributed by atoms with Crippen molar-refractivity contribution in [3.63, 3.8) is 0 Å². The second-order valence-corrected chi connectivity index (χ2v) is 12.6. The van der Waals surface area contributed by atoms with Crippen molar-refractivity contribution in [3.05, 3.63) is 69.9 Å². The highest BCUT2D eigenvalue weighted by atomic mass is 79.9. The molecular formula is C26H27BrF2N4O7S. The minimum atomic E-state index is -4.92. The molecular weight excluding hydrogens is 630 g/mol. The lowest BCUT2D eigenvalue weighted by Gasteiger charge is -2.31. The summed E-state index contributed by atoms with van der Waals surface area (Å²) in [6, 6.07) is 7.63. The van der Waals surface area contributed by atoms with Crippen LogP contribution in [0.4, 0.5) is 29.9 Å². The number of nitrogens with zero attached hydrogens (tertiary/aromatic N) is 3. The van der Waals surface area contributed by atoms with Crippen LogP contribution in [0, 0.1) is 11.6 Å². The molecule has 1 N–H and O–H groups in total. The summed E-state index contributed by atoms with van der Waals surface area (Å²) in [5, 5.41) is 5.79. The number of hydrogen-bond acceptors (Lipinski definition) is 9. The molecule has 3 aromatic rings. The number of halogens is 3. The topological polar surface area (TPSA) is 131 Å². The van der Waals surface area contributed by atoms with Gasteiger partial charge in [-0.1, -0.05) is 17.3 Å². The standard InChI is InChI=1S/C26H27BrF2N4O7S/c1-26(2,3)40-25(35)33(21-10-13-39-31-21)41(36,37)20-9-8-19(22(27)23(20)29)30-24(34)38-15-17-16(6-4-7-18(17)28)14-32-11-5-12-32/h4,6-10,13H,5,11-12,14-15H2,1-3H3,(H,30,34). The van der Waals surface area contributed by atoms with Crippen LogP contribution in [0.25, 0.3) is 0 Å². The molecule has 0 radical (unpaired) electrons. The highest BCUT2D eigenvalue weighted by Crippen LogP contribution is 2.34. The third-order valence-corrected chi connectivity index (χ3v) is 8.36. The molecule has 1 saturated heterocycles. The molecule has 0 aliphatic carbocycles. The number of rotatable bonds is 8. The fourth-order valence-corrected chi connectivity index (χ4v) is 5.75. The van der Waals surface area contributed by atoms with Gasteiger partial charge in [-0.15, -0.1) is 4.31 Å². The molecule has 220 valence electrons. The molecule has 0 bridgehead atoms. The van der Waals surface area contributed by atoms with Crippen LogP contribution in [0.2, 0.25) is 0 Å². The Labute approximate surface area is 243 Å². The van der Waals surface area contributed by atoms with E-state index in [2.05, 4.69) is 35.8 Å². The Kier molecular flexibility index (Phi) is 8.99. The molecule has 0 saturated carbocycles. The van der Waals surface area contributed by atoms with E-state index in [0.29, 0.717) is 12.1 Å². The Bertz CT molecular complexity index is 1540. The van der Waals surface area contributed by atoms with Crippen LogP contribution in [0.5, 0.6) is 0 Å². The third-order valence-electron chi connectivity index (χ3n) is 5.90. The predicted molar refractivity (Wildman–Crippen MR) is 147 cm³/mol. The number of benzene rings is 2. The van der Waals surface area contributed by atoms with Gasteiger partial charge in [-0.3, -0.25) is 10.2 Å². The van der Waals surface area contributed by atoms with E-state index < -0.39 is 54.6 Å². The molecule has 1 fully saturated rings. The summed E-state index contributed by atoms with van der Waals surface area (Å²) in [5.41, 5.74) is -0.358. The summed E-state index contributed by atoms with van der Waals surface area (Å²) in [4.78, 5) is 26.5. The lowest BCUT2D eigenvalue weighted by atomic mass is 10.1. The van der Waals surface area contributed by atoms with Gasteiger partial charge in [-0.25, -0.2) is 26.8 Å². The van der Waals surface area contributed by atoms with E-state index in [4.69, 9.17) is 9.47 Å². The minimum Gasteiger partial charge on any atom is -0.444 e. The highest BCUT2D eigenvalue weighted by molar-refractivity contribution is 9.10. The van der Waals surface area contributed by atoms with Crippen molar-refractivity contribution < 1.29 is 40.8 Å². The van der Waals surface area contributed by atoms with Crippen LogP contribution in [-0.2, 0) is 32.6 Å². The second-order valence-electron chi connectivity index (χ2n) is 10.1. The van der Waals surface area contributed by atoms with Crippen molar-refractivity contribution in [2.45, 2.75) is 50.8 Å². The molecule has 2 heterocycles. The van der Waals surface area contributed by atoms with E-state index in [1.165, 1.54) is 26.8 Å². The Morgan fingerprint density at radius 2 is 1.90 bits per heavy atom. The molecule has 0 unspecified atom stereocenters. The van der Waals surface area contributed by atoms with Crippen molar-refractivity contribution in [3.8, 4) is 0 Å². The van der Waals surface area contributed by atoms with Gasteiger partial charge < -0.3 is 14.0 Å². The van der Waals surface area contributed by atoms with Crippen molar-refractivity contribution in [1.82, 2.24) is 10.1 Å². The number of ether oxygens (including phenoxy) is 2. The minimum absolute atomic E-state index is 0.167. The van der Waals surface area contributed by atoms with Gasteiger partial charge in [0.05, 0.1) is 10.2 Å². The molecule has 41 heavy (non-hydrogen) atoms. The van der Waals surface area contributed by atoms with E-state index in [1.807, 2.05) is 0 Å². The first-order valence-corrected chi connectivity index (χ1v) is 14.6. The summed E-state index contributed by atoms with van der Waals surface area (Å²) in [6.07, 6.45) is -0.275. The van der Waals surface area contributed by atoms with Gasteiger partial charge in [-0.05, 0) is 80.0 Å². The molecule has 2 amide bonds. The van der Waals surface area contributed by atoms with E-state index in [9.17, 15) is 22.4 Å². The number of sulfonamides is 1. The first-order valence-electron chi connectivity index (χ1n) is 12.4. The van der Waals surface area contributed by atoms with Crippen LogP contribution in [0.3, 0.4) is 0 Å². The molecule has 1 aliphatic heterocycles. The van der Waals surface area contributed by atoms with Crippen LogP contribution in [-0.4, -0.2) is 49.4 Å². The number of anilines is 2. The zero-order valence-electron chi connectivity index (χ0n) is 22.3. The van der Waals surface area contributed by atoms with Gasteiger partial charge in [-0.2, -0.15) is 0 Å². The van der Waals surface area contributed by atoms with E-state index in [-0.39, 0.29) is 22.2 Å². The van der Waals surface area contributed by atoms with E-state index >= 15 is 4.39 Å². The predicted octanol–water partition coefficient (Wildman–Crippen LogP) is 5.80. The first kappa shape index (κ1) is 30.4. The Morgan fingerprint density at radius 1 is 1.17 bits per heavy atom. The number of aromatic nitrogens is 1. The SMILES string of the molecule is CC(C)(C)OC(=O)N(c1ccon1)S(=O)(=O)c1ccc(NC(=O)OCc2c(F)cccc2CN2CCC2)c(Br)c1F. The molecule has 4 rings (SSSR count). The van der Waals surface area contributed by atoms with Crippen LogP contribution < -0.4 is 9.62 Å². The summed E-state index contributed by atoms with van der Waals surface area (Å²) < 4.78 is 71.5. The number of amides is 2. The third kappa shape index (κ3) is 7.02. The molecule has 11 nitrogen and oxygen atoms in total. The summed E-state index contributed by atoms with van der Waals surface area (Å²) in [6.45, 7) is 6.50. The number of carbonyl (C=O) groups excluding carboxylic acids is 2. The largest absolute Gasteiger partial charge is 0.444 e. The van der Waals surface area contributed by atoms with E-state index in [0.717, 1.165) is 44.0 Å². The zero-order chi connectivity index (χ0) is 29.9. The fraction of sp³-hybridized carbons (Fsp3) is 0.346. The molecule has 15 heteroatoms. The average Bonchev–Trinajstić information content (AvgIpc) is 3.36. The van der Waals surface area contributed by atoms with Crippen molar-refractivity contribution in [2.75, 3.05) is 22.7 Å². The molecule has 1 aromatic heterocycles. The Balaban J connectivity index is 1.52. The van der Waals surface area contributed by atoms with Gasteiger partial charge in [0.25, 0.3) is 10.0 Å². The van der Waals surface area contributed by atoms with Crippen molar-refractivity contribution in [1.29, 1.82) is 0 Å². The summed E-state index contributed by atoms with van der Waals surface area (Å²) in [7, 11) is -4.92. The Morgan fingerprint density at radius 3 is 2.51 bits per heavy atom. The lowest BCUT2D eigenvalue weighted by molar-refractivity contribution is 0.0607. The number of nitrogens with one attached hydrogen (secondary N) is 1. The van der Waals surface area contributed by atoms with Crippen LogP contribution >= 0.6 is 15.9 Å². The van der Waals surface area contributed by atoms with Crippen molar-refractivity contribution in [2.24, 2.45) is 0 Å². The van der Waals surface area contributed by atoms with Crippen LogP contribution in [0.15, 0.2) is 56.6 Å². The lowest BCUT2D eigenvalue weighted by Crippen LogP contribution is -2.41. The number of likely N-dealkylation sites (tertiary alicyclic amines) is 1. The molecule has 0 spiro atoms. The smallest absolute Gasteiger partial charge is 0.430 e. The maximum atomic E-state index is 15.4. The number of carbonyl (C=O) groups is 2. The van der Waals surface area contributed by atoms with Gasteiger partial charge in [0.15, 0.2) is 11.6 Å². The van der Waals surface area contributed by atoms with E-state index in [1.54, 1.807) is 12.1 Å².